The lowest BCUT2D eigenvalue weighted by Crippen LogP contribution is -2.44. The van der Waals surface area contributed by atoms with Crippen LogP contribution in [-0.4, -0.2) is 43.4 Å². The van der Waals surface area contributed by atoms with E-state index in [0.717, 1.165) is 5.56 Å². The quantitative estimate of drug-likeness (QED) is 0.569. The van der Waals surface area contributed by atoms with Crippen molar-refractivity contribution in [3.63, 3.8) is 0 Å². The number of benzene rings is 2. The predicted octanol–water partition coefficient (Wildman–Crippen LogP) is 1.34. The van der Waals surface area contributed by atoms with Gasteiger partial charge in [0, 0.05) is 6.08 Å². The van der Waals surface area contributed by atoms with Gasteiger partial charge in [0.1, 0.15) is 13.1 Å². The lowest BCUT2D eigenvalue weighted by molar-refractivity contribution is -0.147. The average Bonchev–Trinajstić information content (AvgIpc) is 2.74. The van der Waals surface area contributed by atoms with Crippen molar-refractivity contribution in [2.45, 2.75) is 0 Å². The summed E-state index contributed by atoms with van der Waals surface area (Å²) in [6.45, 7) is -1.06. The Morgan fingerprint density at radius 2 is 1.79 bits per heavy atom. The lowest BCUT2D eigenvalue weighted by Gasteiger charge is -2.28. The number of anilines is 2. The highest BCUT2D eigenvalue weighted by Gasteiger charge is 2.27. The Morgan fingerprint density at radius 1 is 1.07 bits per heavy atom. The van der Waals surface area contributed by atoms with Gasteiger partial charge in [0.2, 0.25) is 11.8 Å². The summed E-state index contributed by atoms with van der Waals surface area (Å²) in [6, 6.07) is 16.1. The number of para-hydroxylation sites is 2. The van der Waals surface area contributed by atoms with Crippen LogP contribution in [0.4, 0.5) is 11.4 Å². The number of hydrogen-bond donors (Lipinski definition) is 2. The van der Waals surface area contributed by atoms with Crippen LogP contribution >= 0.6 is 0 Å². The van der Waals surface area contributed by atoms with E-state index in [9.17, 15) is 19.2 Å². The van der Waals surface area contributed by atoms with E-state index in [2.05, 4.69) is 10.6 Å². The van der Waals surface area contributed by atoms with Crippen molar-refractivity contribution >= 4 is 41.1 Å². The van der Waals surface area contributed by atoms with Gasteiger partial charge < -0.3 is 15.4 Å². The van der Waals surface area contributed by atoms with E-state index in [1.165, 1.54) is 11.0 Å². The third kappa shape index (κ3) is 5.52. The second kappa shape index (κ2) is 9.32. The van der Waals surface area contributed by atoms with Crippen molar-refractivity contribution in [2.75, 3.05) is 29.9 Å². The number of hydrogen-bond acceptors (Lipinski definition) is 5. The van der Waals surface area contributed by atoms with Crippen LogP contribution in [0.2, 0.25) is 0 Å². The van der Waals surface area contributed by atoms with E-state index in [-0.39, 0.29) is 19.0 Å². The summed E-state index contributed by atoms with van der Waals surface area (Å²) in [5, 5.41) is 5.06. The number of nitrogens with one attached hydrogen (secondary N) is 2. The lowest BCUT2D eigenvalue weighted by atomic mass is 10.2. The minimum absolute atomic E-state index is 0.158. The molecular weight excluding hydrogens is 374 g/mol. The van der Waals surface area contributed by atoms with E-state index in [0.29, 0.717) is 11.4 Å². The van der Waals surface area contributed by atoms with Crippen molar-refractivity contribution in [3.05, 3.63) is 66.2 Å². The molecule has 2 aromatic rings. The molecule has 3 rings (SSSR count). The standard InChI is InChI=1S/C21H19N3O5/c25-18(11-10-15-6-2-1-3-7-15)22-12-21(28)29-14-20(27)24-13-19(26)23-16-8-4-5-9-17(16)24/h1-11H,12-14H2,(H,22,25)(H,23,26)/b11-10+. The highest BCUT2D eigenvalue weighted by molar-refractivity contribution is 6.10. The van der Waals surface area contributed by atoms with Crippen molar-refractivity contribution in [3.8, 4) is 0 Å². The topological polar surface area (TPSA) is 105 Å². The zero-order valence-electron chi connectivity index (χ0n) is 15.5. The summed E-state index contributed by atoms with van der Waals surface area (Å²) in [5.74, 6) is -2.08. The normalized spacial score (nSPS) is 12.8. The Hall–Kier alpha value is -3.94. The molecule has 0 unspecified atom stereocenters. The van der Waals surface area contributed by atoms with Gasteiger partial charge in [0.25, 0.3) is 5.91 Å². The van der Waals surface area contributed by atoms with Crippen LogP contribution in [0.15, 0.2) is 60.7 Å². The molecule has 0 atom stereocenters. The number of fused-ring (bicyclic) bond motifs is 1. The first-order chi connectivity index (χ1) is 14.0. The van der Waals surface area contributed by atoms with Gasteiger partial charge in [0.15, 0.2) is 6.61 Å². The number of carbonyl (C=O) groups excluding carboxylic acids is 4. The summed E-state index contributed by atoms with van der Waals surface area (Å²) >= 11 is 0. The zero-order chi connectivity index (χ0) is 20.6. The van der Waals surface area contributed by atoms with Gasteiger partial charge in [-0.25, -0.2) is 0 Å². The number of carbonyl (C=O) groups is 4. The smallest absolute Gasteiger partial charge is 0.325 e. The molecule has 2 N–H and O–H groups in total. The Kier molecular flexibility index (Phi) is 6.36. The summed E-state index contributed by atoms with van der Waals surface area (Å²) in [7, 11) is 0. The van der Waals surface area contributed by atoms with Gasteiger partial charge in [-0.2, -0.15) is 0 Å². The fraction of sp³-hybridized carbons (Fsp3) is 0.143. The van der Waals surface area contributed by atoms with E-state index >= 15 is 0 Å². The van der Waals surface area contributed by atoms with Crippen molar-refractivity contribution in [1.82, 2.24) is 5.32 Å². The first-order valence-electron chi connectivity index (χ1n) is 8.89. The maximum Gasteiger partial charge on any atom is 0.325 e. The molecule has 0 saturated heterocycles. The van der Waals surface area contributed by atoms with Gasteiger partial charge in [-0.05, 0) is 23.8 Å². The van der Waals surface area contributed by atoms with E-state index < -0.39 is 24.4 Å². The van der Waals surface area contributed by atoms with Crippen LogP contribution in [-0.2, 0) is 23.9 Å². The van der Waals surface area contributed by atoms with Gasteiger partial charge >= 0.3 is 5.97 Å². The largest absolute Gasteiger partial charge is 0.454 e. The Balaban J connectivity index is 1.46. The molecule has 0 radical (unpaired) electrons. The monoisotopic (exact) mass is 393 g/mol. The molecule has 0 spiro atoms. The third-order valence-corrected chi connectivity index (χ3v) is 4.06. The third-order valence-electron chi connectivity index (χ3n) is 4.06. The summed E-state index contributed by atoms with van der Waals surface area (Å²) in [4.78, 5) is 48.9. The van der Waals surface area contributed by atoms with Gasteiger partial charge in [-0.15, -0.1) is 0 Å². The first kappa shape index (κ1) is 19.8. The second-order valence-corrected chi connectivity index (χ2v) is 6.17. The summed E-state index contributed by atoms with van der Waals surface area (Å²) < 4.78 is 4.92. The molecule has 0 bridgehead atoms. The van der Waals surface area contributed by atoms with Gasteiger partial charge in [-0.1, -0.05) is 42.5 Å². The van der Waals surface area contributed by atoms with Crippen LogP contribution in [0.25, 0.3) is 6.08 Å². The SMILES string of the molecule is O=C(/C=C/c1ccccc1)NCC(=O)OCC(=O)N1CC(=O)Nc2ccccc21. The van der Waals surface area contributed by atoms with E-state index in [1.807, 2.05) is 30.3 Å². The van der Waals surface area contributed by atoms with Gasteiger partial charge in [-0.3, -0.25) is 24.1 Å². The fourth-order valence-electron chi connectivity index (χ4n) is 2.68. The van der Waals surface area contributed by atoms with Crippen LogP contribution < -0.4 is 15.5 Å². The zero-order valence-corrected chi connectivity index (χ0v) is 15.5. The number of amides is 3. The Bertz CT molecular complexity index is 956. The Labute approximate surface area is 167 Å². The number of rotatable bonds is 6. The van der Waals surface area contributed by atoms with Crippen molar-refractivity contribution in [1.29, 1.82) is 0 Å². The van der Waals surface area contributed by atoms with Crippen LogP contribution in [0.1, 0.15) is 5.56 Å². The molecule has 8 heteroatoms. The second-order valence-electron chi connectivity index (χ2n) is 6.17. The summed E-state index contributed by atoms with van der Waals surface area (Å²) in [5.41, 5.74) is 1.90. The molecule has 2 aromatic carbocycles. The maximum atomic E-state index is 12.4. The molecule has 29 heavy (non-hydrogen) atoms. The highest BCUT2D eigenvalue weighted by atomic mass is 16.5. The van der Waals surface area contributed by atoms with Crippen LogP contribution in [0.3, 0.4) is 0 Å². The number of nitrogens with zero attached hydrogens (tertiary/aromatic N) is 1. The maximum absolute atomic E-state index is 12.4. The molecule has 1 aliphatic heterocycles. The average molecular weight is 393 g/mol. The minimum atomic E-state index is -0.755. The molecular formula is C21H19N3O5. The van der Waals surface area contributed by atoms with Crippen LogP contribution in [0.5, 0.6) is 0 Å². The number of ether oxygens (including phenoxy) is 1. The van der Waals surface area contributed by atoms with Crippen molar-refractivity contribution < 1.29 is 23.9 Å². The molecule has 0 aromatic heterocycles. The molecule has 8 nitrogen and oxygen atoms in total. The van der Waals surface area contributed by atoms with Crippen LogP contribution in [0, 0.1) is 0 Å². The molecule has 1 aliphatic rings. The molecule has 0 aliphatic carbocycles. The molecule has 0 saturated carbocycles. The predicted molar refractivity (Wildman–Crippen MR) is 107 cm³/mol. The Morgan fingerprint density at radius 3 is 2.59 bits per heavy atom. The minimum Gasteiger partial charge on any atom is -0.454 e. The molecule has 3 amide bonds. The van der Waals surface area contributed by atoms with E-state index in [1.54, 1.807) is 30.3 Å². The first-order valence-corrected chi connectivity index (χ1v) is 8.89. The van der Waals surface area contributed by atoms with E-state index in [4.69, 9.17) is 4.74 Å². The van der Waals surface area contributed by atoms with Gasteiger partial charge in [0.05, 0.1) is 11.4 Å². The summed E-state index contributed by atoms with van der Waals surface area (Å²) in [6.07, 6.45) is 2.92. The highest BCUT2D eigenvalue weighted by Crippen LogP contribution is 2.28. The van der Waals surface area contributed by atoms with Crippen molar-refractivity contribution in [2.24, 2.45) is 0 Å². The molecule has 0 fully saturated rings. The fourth-order valence-corrected chi connectivity index (χ4v) is 2.68. The number of esters is 1. The molecule has 1 heterocycles. The molecule has 148 valence electrons.